The van der Waals surface area contributed by atoms with Crippen LogP contribution < -0.4 is 5.32 Å². The molecule has 0 atom stereocenters. The molecule has 0 radical (unpaired) electrons. The van der Waals surface area contributed by atoms with Crippen LogP contribution in [0.25, 0.3) is 0 Å². The Morgan fingerprint density at radius 2 is 1.56 bits per heavy atom. The largest absolute Gasteiger partial charge is 0.352 e. The van der Waals surface area contributed by atoms with Gasteiger partial charge in [-0.15, -0.1) is 0 Å². The van der Waals surface area contributed by atoms with Gasteiger partial charge >= 0.3 is 0 Å². The van der Waals surface area contributed by atoms with E-state index < -0.39 is 15.8 Å². The fraction of sp³-hybridized carbons (Fsp3) is 0.345. The average Bonchev–Trinajstić information content (AvgIpc) is 2.90. The fourth-order valence-electron chi connectivity index (χ4n) is 4.74. The van der Waals surface area contributed by atoms with Gasteiger partial charge < -0.3 is 5.32 Å². The molecular formula is C29H33FN2O3S. The lowest BCUT2D eigenvalue weighted by Gasteiger charge is -2.32. The number of benzene rings is 3. The molecule has 1 saturated carbocycles. The van der Waals surface area contributed by atoms with Gasteiger partial charge in [0.05, 0.1) is 4.90 Å². The third kappa shape index (κ3) is 6.59. The molecule has 3 aromatic rings. The molecule has 1 aliphatic carbocycles. The van der Waals surface area contributed by atoms with Crippen LogP contribution in [0.3, 0.4) is 0 Å². The first-order valence-electron chi connectivity index (χ1n) is 12.4. The average molecular weight is 509 g/mol. The minimum absolute atomic E-state index is 0.0269. The number of nitrogens with zero attached hydrogens (tertiary/aromatic N) is 1. The minimum Gasteiger partial charge on any atom is -0.352 e. The first kappa shape index (κ1) is 26.0. The topological polar surface area (TPSA) is 66.5 Å². The molecule has 0 saturated heterocycles. The van der Waals surface area contributed by atoms with Crippen LogP contribution >= 0.6 is 0 Å². The number of rotatable bonds is 9. The number of hydrogen-bond acceptors (Lipinski definition) is 3. The van der Waals surface area contributed by atoms with Crippen molar-refractivity contribution in [2.45, 2.75) is 50.6 Å². The molecule has 0 heterocycles. The Balaban J connectivity index is 1.39. The van der Waals surface area contributed by atoms with Gasteiger partial charge in [0.25, 0.3) is 0 Å². The van der Waals surface area contributed by atoms with Gasteiger partial charge in [-0.3, -0.25) is 4.79 Å². The Bertz CT molecular complexity index is 1260. The smallest absolute Gasteiger partial charge is 0.243 e. The van der Waals surface area contributed by atoms with Crippen LogP contribution in [0.15, 0.2) is 83.8 Å². The van der Waals surface area contributed by atoms with Gasteiger partial charge in [-0.2, -0.15) is 4.31 Å². The van der Waals surface area contributed by atoms with Crippen molar-refractivity contribution in [3.63, 3.8) is 0 Å². The predicted molar refractivity (Wildman–Crippen MR) is 139 cm³/mol. The van der Waals surface area contributed by atoms with E-state index in [0.29, 0.717) is 31.5 Å². The molecule has 0 spiro atoms. The van der Waals surface area contributed by atoms with E-state index in [1.54, 1.807) is 48.5 Å². The Hall–Kier alpha value is -3.03. The summed E-state index contributed by atoms with van der Waals surface area (Å²) in [6, 6.07) is 22.7. The van der Waals surface area contributed by atoms with E-state index in [9.17, 15) is 17.6 Å². The maximum absolute atomic E-state index is 14.4. The van der Waals surface area contributed by atoms with Crippen molar-refractivity contribution in [3.8, 4) is 0 Å². The number of carbonyl (C=O) groups excluding carboxylic acids is 1. The van der Waals surface area contributed by atoms with Gasteiger partial charge in [-0.25, -0.2) is 12.8 Å². The molecule has 1 amide bonds. The fourth-order valence-corrected chi connectivity index (χ4v) is 6.26. The van der Waals surface area contributed by atoms with Crippen LogP contribution in [0.4, 0.5) is 4.39 Å². The number of carbonyl (C=O) groups is 1. The summed E-state index contributed by atoms with van der Waals surface area (Å²) in [5, 5.41) is 3.04. The van der Waals surface area contributed by atoms with E-state index in [0.717, 1.165) is 18.4 Å². The maximum Gasteiger partial charge on any atom is 0.243 e. The van der Waals surface area contributed by atoms with E-state index in [-0.39, 0.29) is 29.2 Å². The number of amides is 1. The highest BCUT2D eigenvalue weighted by molar-refractivity contribution is 7.89. The molecule has 0 bridgehead atoms. The third-order valence-electron chi connectivity index (χ3n) is 6.95. The number of halogens is 1. The summed E-state index contributed by atoms with van der Waals surface area (Å²) >= 11 is 0. The second-order valence-corrected chi connectivity index (χ2v) is 11.6. The number of hydrogen-bond donors (Lipinski definition) is 1. The van der Waals surface area contributed by atoms with Crippen LogP contribution in [0, 0.1) is 24.6 Å². The van der Waals surface area contributed by atoms with Crippen molar-refractivity contribution < 1.29 is 17.6 Å². The summed E-state index contributed by atoms with van der Waals surface area (Å²) in [5.41, 5.74) is 2.60. The molecule has 0 aromatic heterocycles. The predicted octanol–water partition coefficient (Wildman–Crippen LogP) is 5.45. The molecule has 7 heteroatoms. The van der Waals surface area contributed by atoms with Crippen molar-refractivity contribution in [2.24, 2.45) is 11.8 Å². The summed E-state index contributed by atoms with van der Waals surface area (Å²) in [6.45, 7) is 2.80. The van der Waals surface area contributed by atoms with Gasteiger partial charge in [0.15, 0.2) is 0 Å². The third-order valence-corrected chi connectivity index (χ3v) is 8.78. The monoisotopic (exact) mass is 508 g/mol. The lowest BCUT2D eigenvalue weighted by molar-refractivity contribution is -0.126. The first-order chi connectivity index (χ1) is 17.3. The summed E-state index contributed by atoms with van der Waals surface area (Å²) in [6.07, 6.45) is 2.92. The van der Waals surface area contributed by atoms with Crippen molar-refractivity contribution in [2.75, 3.05) is 6.54 Å². The Morgan fingerprint density at radius 3 is 2.22 bits per heavy atom. The first-order valence-corrected chi connectivity index (χ1v) is 13.9. The van der Waals surface area contributed by atoms with Gasteiger partial charge in [0.1, 0.15) is 5.82 Å². The highest BCUT2D eigenvalue weighted by atomic mass is 32.2. The SMILES string of the molecule is Cc1ccc(CNC(=O)C2CCC(CN(Cc3ccccc3F)S(=O)(=O)c3ccccc3)CC2)cc1. The second-order valence-electron chi connectivity index (χ2n) is 9.62. The van der Waals surface area contributed by atoms with E-state index in [4.69, 9.17) is 0 Å². The molecule has 1 fully saturated rings. The maximum atomic E-state index is 14.4. The molecule has 1 N–H and O–H groups in total. The van der Waals surface area contributed by atoms with Crippen LogP contribution in [-0.4, -0.2) is 25.2 Å². The number of sulfonamides is 1. The van der Waals surface area contributed by atoms with E-state index in [1.807, 2.05) is 31.2 Å². The molecular weight excluding hydrogens is 475 g/mol. The number of nitrogens with one attached hydrogen (secondary N) is 1. The summed E-state index contributed by atoms with van der Waals surface area (Å²) in [4.78, 5) is 12.9. The highest BCUT2D eigenvalue weighted by Crippen LogP contribution is 2.31. The quantitative estimate of drug-likeness (QED) is 0.418. The summed E-state index contributed by atoms with van der Waals surface area (Å²) in [7, 11) is -3.80. The molecule has 1 aliphatic rings. The zero-order chi connectivity index (χ0) is 25.5. The van der Waals surface area contributed by atoms with Crippen LogP contribution in [-0.2, 0) is 27.9 Å². The lowest BCUT2D eigenvalue weighted by Crippen LogP contribution is -2.38. The Morgan fingerprint density at radius 1 is 0.917 bits per heavy atom. The Labute approximate surface area is 213 Å². The highest BCUT2D eigenvalue weighted by Gasteiger charge is 2.32. The Kier molecular flexibility index (Phi) is 8.54. The lowest BCUT2D eigenvalue weighted by atomic mass is 9.81. The summed E-state index contributed by atoms with van der Waals surface area (Å²) in [5.74, 6) is -0.331. The van der Waals surface area contributed by atoms with Gasteiger partial charge in [-0.1, -0.05) is 66.2 Å². The van der Waals surface area contributed by atoms with Crippen molar-refractivity contribution >= 4 is 15.9 Å². The van der Waals surface area contributed by atoms with E-state index >= 15 is 0 Å². The second kappa shape index (κ2) is 11.8. The van der Waals surface area contributed by atoms with Crippen molar-refractivity contribution in [3.05, 3.63) is 101 Å². The van der Waals surface area contributed by atoms with Crippen LogP contribution in [0.5, 0.6) is 0 Å². The number of aryl methyl sites for hydroxylation is 1. The van der Waals surface area contributed by atoms with Gasteiger partial charge in [0, 0.05) is 31.1 Å². The molecule has 3 aromatic carbocycles. The molecule has 5 nitrogen and oxygen atoms in total. The van der Waals surface area contributed by atoms with Gasteiger partial charge in [-0.05, 0) is 62.3 Å². The summed E-state index contributed by atoms with van der Waals surface area (Å²) < 4.78 is 42.7. The zero-order valence-electron chi connectivity index (χ0n) is 20.6. The van der Waals surface area contributed by atoms with Crippen LogP contribution in [0.2, 0.25) is 0 Å². The van der Waals surface area contributed by atoms with Crippen LogP contribution in [0.1, 0.15) is 42.4 Å². The van der Waals surface area contributed by atoms with Gasteiger partial charge in [0.2, 0.25) is 15.9 Å². The standard InChI is InChI=1S/C29H33FN2O3S/c1-22-11-13-23(14-12-22)19-31-29(33)25-17-15-24(16-18-25)20-32(21-26-7-5-6-10-28(26)30)36(34,35)27-8-3-2-4-9-27/h2-14,24-25H,15-21H2,1H3,(H,31,33). The minimum atomic E-state index is -3.80. The molecule has 4 rings (SSSR count). The normalized spacial score (nSPS) is 18.2. The van der Waals surface area contributed by atoms with E-state index in [2.05, 4.69) is 5.32 Å². The van der Waals surface area contributed by atoms with Crippen molar-refractivity contribution in [1.82, 2.24) is 9.62 Å². The molecule has 36 heavy (non-hydrogen) atoms. The zero-order valence-corrected chi connectivity index (χ0v) is 21.4. The molecule has 0 aliphatic heterocycles. The van der Waals surface area contributed by atoms with Crippen molar-refractivity contribution in [1.29, 1.82) is 0 Å². The molecule has 190 valence electrons. The van der Waals surface area contributed by atoms with E-state index in [1.165, 1.54) is 15.9 Å². The molecule has 0 unspecified atom stereocenters.